The van der Waals surface area contributed by atoms with E-state index in [2.05, 4.69) is 20.9 Å². The van der Waals surface area contributed by atoms with Crippen molar-refractivity contribution < 1.29 is 9.13 Å². The van der Waals surface area contributed by atoms with Gasteiger partial charge in [0.05, 0.1) is 9.50 Å². The van der Waals surface area contributed by atoms with Crippen LogP contribution in [0.1, 0.15) is 11.1 Å². The standard InChI is InChI=1S/C13H7BrClFN2O/c1-7-2-3-18-13(8(7)6-17)19-12-5-11(16)10(15)4-9(12)14/h2-5H,1H3. The van der Waals surface area contributed by atoms with Gasteiger partial charge >= 0.3 is 0 Å². The molecule has 1 aromatic carbocycles. The fraction of sp³-hybridized carbons (Fsp3) is 0.0769. The van der Waals surface area contributed by atoms with E-state index >= 15 is 0 Å². The van der Waals surface area contributed by atoms with E-state index in [0.717, 1.165) is 11.6 Å². The molecule has 0 radical (unpaired) electrons. The number of nitrogens with zero attached hydrogens (tertiary/aromatic N) is 2. The Labute approximate surface area is 122 Å². The number of benzene rings is 1. The van der Waals surface area contributed by atoms with Gasteiger partial charge in [-0.3, -0.25) is 0 Å². The van der Waals surface area contributed by atoms with Crippen molar-refractivity contribution in [1.82, 2.24) is 4.98 Å². The van der Waals surface area contributed by atoms with Gasteiger partial charge in [0, 0.05) is 12.3 Å². The van der Waals surface area contributed by atoms with E-state index in [1.165, 1.54) is 12.3 Å². The van der Waals surface area contributed by atoms with Crippen LogP contribution in [0.25, 0.3) is 0 Å². The number of hydrogen-bond donors (Lipinski definition) is 0. The zero-order valence-corrected chi connectivity index (χ0v) is 12.1. The van der Waals surface area contributed by atoms with E-state index in [0.29, 0.717) is 10.0 Å². The molecule has 19 heavy (non-hydrogen) atoms. The van der Waals surface area contributed by atoms with Gasteiger partial charge in [0.25, 0.3) is 0 Å². The maximum absolute atomic E-state index is 13.4. The zero-order valence-electron chi connectivity index (χ0n) is 9.75. The smallest absolute Gasteiger partial charge is 0.237 e. The van der Waals surface area contributed by atoms with Gasteiger partial charge in [-0.25, -0.2) is 9.37 Å². The summed E-state index contributed by atoms with van der Waals surface area (Å²) in [6.07, 6.45) is 1.52. The van der Waals surface area contributed by atoms with Crippen LogP contribution in [0, 0.1) is 24.1 Å². The van der Waals surface area contributed by atoms with Crippen molar-refractivity contribution in [3.05, 3.63) is 50.8 Å². The van der Waals surface area contributed by atoms with Gasteiger partial charge in [-0.05, 0) is 40.5 Å². The summed E-state index contributed by atoms with van der Waals surface area (Å²) in [5.41, 5.74) is 1.04. The van der Waals surface area contributed by atoms with E-state index in [4.69, 9.17) is 21.6 Å². The Morgan fingerprint density at radius 3 is 2.89 bits per heavy atom. The minimum absolute atomic E-state index is 0.0167. The van der Waals surface area contributed by atoms with Gasteiger partial charge in [0.15, 0.2) is 0 Å². The van der Waals surface area contributed by atoms with E-state index < -0.39 is 5.82 Å². The topological polar surface area (TPSA) is 45.9 Å². The Balaban J connectivity index is 2.45. The van der Waals surface area contributed by atoms with Gasteiger partial charge in [0.2, 0.25) is 5.88 Å². The summed E-state index contributed by atoms with van der Waals surface area (Å²) in [5.74, 6) is -0.271. The van der Waals surface area contributed by atoms with Crippen LogP contribution in [-0.2, 0) is 0 Å². The van der Waals surface area contributed by atoms with Crippen molar-refractivity contribution >= 4 is 27.5 Å². The fourth-order valence-electron chi connectivity index (χ4n) is 1.43. The molecule has 0 bridgehead atoms. The lowest BCUT2D eigenvalue weighted by atomic mass is 10.2. The predicted octanol–water partition coefficient (Wildman–Crippen LogP) is 4.61. The van der Waals surface area contributed by atoms with E-state index in [1.54, 1.807) is 13.0 Å². The number of ether oxygens (including phenoxy) is 1. The minimum Gasteiger partial charge on any atom is -0.436 e. The summed E-state index contributed by atoms with van der Waals surface area (Å²) in [6, 6.07) is 6.22. The average molecular weight is 342 g/mol. The monoisotopic (exact) mass is 340 g/mol. The normalized spacial score (nSPS) is 10.1. The first-order valence-corrected chi connectivity index (χ1v) is 6.38. The molecule has 0 saturated heterocycles. The summed E-state index contributed by atoms with van der Waals surface area (Å²) in [5, 5.41) is 9.05. The Morgan fingerprint density at radius 2 is 2.21 bits per heavy atom. The lowest BCUT2D eigenvalue weighted by Crippen LogP contribution is -1.95. The highest BCUT2D eigenvalue weighted by Gasteiger charge is 2.13. The molecule has 1 heterocycles. The zero-order chi connectivity index (χ0) is 14.0. The molecular weight excluding hydrogens is 335 g/mol. The van der Waals surface area contributed by atoms with Crippen LogP contribution in [0.4, 0.5) is 4.39 Å². The van der Waals surface area contributed by atoms with Gasteiger partial charge in [-0.15, -0.1) is 0 Å². The highest BCUT2D eigenvalue weighted by Crippen LogP contribution is 2.34. The Hall–Kier alpha value is -1.64. The first kappa shape index (κ1) is 13.8. The third-order valence-electron chi connectivity index (χ3n) is 2.42. The van der Waals surface area contributed by atoms with Crippen LogP contribution >= 0.6 is 27.5 Å². The molecule has 1 aromatic heterocycles. The van der Waals surface area contributed by atoms with Crippen molar-refractivity contribution in [1.29, 1.82) is 5.26 Å². The second-order valence-electron chi connectivity index (χ2n) is 3.72. The third kappa shape index (κ3) is 2.86. The van der Waals surface area contributed by atoms with E-state index in [9.17, 15) is 4.39 Å². The van der Waals surface area contributed by atoms with Crippen LogP contribution < -0.4 is 4.74 Å². The van der Waals surface area contributed by atoms with Gasteiger partial charge < -0.3 is 4.74 Å². The largest absolute Gasteiger partial charge is 0.436 e. The molecule has 0 aliphatic rings. The molecule has 0 saturated carbocycles. The van der Waals surface area contributed by atoms with Crippen molar-refractivity contribution in [2.45, 2.75) is 6.92 Å². The van der Waals surface area contributed by atoms with Crippen molar-refractivity contribution in [2.75, 3.05) is 0 Å². The fourth-order valence-corrected chi connectivity index (χ4v) is 2.15. The second kappa shape index (κ2) is 5.55. The van der Waals surface area contributed by atoms with Crippen LogP contribution in [-0.4, -0.2) is 4.98 Å². The van der Waals surface area contributed by atoms with E-state index in [-0.39, 0.29) is 16.7 Å². The molecule has 0 N–H and O–H groups in total. The van der Waals surface area contributed by atoms with E-state index in [1.807, 2.05) is 6.07 Å². The number of halogens is 3. The SMILES string of the molecule is Cc1ccnc(Oc2cc(F)c(Cl)cc2Br)c1C#N. The number of rotatable bonds is 2. The Kier molecular flexibility index (Phi) is 4.03. The highest BCUT2D eigenvalue weighted by atomic mass is 79.9. The second-order valence-corrected chi connectivity index (χ2v) is 4.98. The van der Waals surface area contributed by atoms with Crippen LogP contribution in [0.15, 0.2) is 28.9 Å². The Morgan fingerprint density at radius 1 is 1.47 bits per heavy atom. The van der Waals surface area contributed by atoms with Crippen LogP contribution in [0.2, 0.25) is 5.02 Å². The summed E-state index contributed by atoms with van der Waals surface area (Å²) >= 11 is 8.86. The molecule has 0 aliphatic carbocycles. The number of nitriles is 1. The molecule has 0 spiro atoms. The number of hydrogen-bond acceptors (Lipinski definition) is 3. The van der Waals surface area contributed by atoms with Gasteiger partial charge in [0.1, 0.15) is 23.2 Å². The molecule has 0 fully saturated rings. The van der Waals surface area contributed by atoms with Crippen molar-refractivity contribution in [2.24, 2.45) is 0 Å². The van der Waals surface area contributed by atoms with Crippen molar-refractivity contribution in [3.8, 4) is 17.7 Å². The quantitative estimate of drug-likeness (QED) is 0.749. The molecule has 96 valence electrons. The maximum atomic E-state index is 13.4. The minimum atomic E-state index is -0.606. The van der Waals surface area contributed by atoms with Gasteiger partial charge in [-0.1, -0.05) is 11.6 Å². The molecule has 0 amide bonds. The number of aryl methyl sites for hydroxylation is 1. The summed E-state index contributed by atoms with van der Waals surface area (Å²) in [4.78, 5) is 3.98. The van der Waals surface area contributed by atoms with Gasteiger partial charge in [-0.2, -0.15) is 5.26 Å². The summed E-state index contributed by atoms with van der Waals surface area (Å²) < 4.78 is 19.4. The highest BCUT2D eigenvalue weighted by molar-refractivity contribution is 9.10. The first-order chi connectivity index (χ1) is 9.02. The lowest BCUT2D eigenvalue weighted by Gasteiger charge is -2.09. The Bertz CT molecular complexity index is 685. The molecule has 0 unspecified atom stereocenters. The lowest BCUT2D eigenvalue weighted by molar-refractivity contribution is 0.453. The third-order valence-corrected chi connectivity index (χ3v) is 3.33. The molecule has 6 heteroatoms. The number of aromatic nitrogens is 1. The average Bonchev–Trinajstić information content (AvgIpc) is 2.36. The summed E-state index contributed by atoms with van der Waals surface area (Å²) in [7, 11) is 0. The van der Waals surface area contributed by atoms with Crippen LogP contribution in [0.3, 0.4) is 0 Å². The molecule has 0 aliphatic heterocycles. The van der Waals surface area contributed by atoms with Crippen molar-refractivity contribution in [3.63, 3.8) is 0 Å². The molecule has 2 aromatic rings. The molecule has 2 rings (SSSR count). The molecular formula is C13H7BrClFN2O. The maximum Gasteiger partial charge on any atom is 0.237 e. The predicted molar refractivity (Wildman–Crippen MR) is 72.9 cm³/mol. The molecule has 0 atom stereocenters. The first-order valence-electron chi connectivity index (χ1n) is 5.21. The number of pyridine rings is 1. The van der Waals surface area contributed by atoms with Crippen LogP contribution in [0.5, 0.6) is 11.6 Å². The summed E-state index contributed by atoms with van der Waals surface area (Å²) in [6.45, 7) is 1.77. The molecule has 3 nitrogen and oxygen atoms in total.